The van der Waals surface area contributed by atoms with Gasteiger partial charge >= 0.3 is 0 Å². The van der Waals surface area contributed by atoms with Crippen LogP contribution in [0, 0.1) is 0 Å². The zero-order valence-corrected chi connectivity index (χ0v) is 7.49. The lowest BCUT2D eigenvalue weighted by Gasteiger charge is -2.25. The normalized spacial score (nSPS) is 30.0. The number of hydrogen-bond acceptors (Lipinski definition) is 2. The highest BCUT2D eigenvalue weighted by molar-refractivity contribution is 8.00. The van der Waals surface area contributed by atoms with Gasteiger partial charge in [0.15, 0.2) is 0 Å². The second-order valence-corrected chi connectivity index (χ2v) is 4.32. The minimum atomic E-state index is 0.449. The largest absolute Gasteiger partial charge is 0.327 e. The maximum absolute atomic E-state index is 5.93. The molecule has 0 aromatic rings. The summed E-state index contributed by atoms with van der Waals surface area (Å²) in [6.45, 7) is 2.18. The van der Waals surface area contributed by atoms with E-state index in [2.05, 4.69) is 18.7 Å². The smallest absolute Gasteiger partial charge is 0.0198 e. The van der Waals surface area contributed by atoms with Gasteiger partial charge in [0.25, 0.3) is 0 Å². The molecule has 0 bridgehead atoms. The van der Waals surface area contributed by atoms with Crippen molar-refractivity contribution in [3.63, 3.8) is 0 Å². The second-order valence-electron chi connectivity index (χ2n) is 2.98. The molecule has 1 rings (SSSR count). The number of rotatable bonds is 2. The summed E-state index contributed by atoms with van der Waals surface area (Å²) in [6.07, 6.45) is 5.28. The summed E-state index contributed by atoms with van der Waals surface area (Å²) < 4.78 is 0. The SMILES string of the molecule is CCC(N)C1CCCCS1. The Morgan fingerprint density at radius 2 is 2.40 bits per heavy atom. The van der Waals surface area contributed by atoms with Crippen LogP contribution in [-0.2, 0) is 0 Å². The van der Waals surface area contributed by atoms with Gasteiger partial charge in [-0.05, 0) is 25.0 Å². The van der Waals surface area contributed by atoms with Crippen LogP contribution in [0.5, 0.6) is 0 Å². The van der Waals surface area contributed by atoms with Crippen LogP contribution in [-0.4, -0.2) is 17.0 Å². The molecule has 60 valence electrons. The predicted molar refractivity (Wildman–Crippen MR) is 48.4 cm³/mol. The highest BCUT2D eigenvalue weighted by Crippen LogP contribution is 2.27. The molecule has 1 fully saturated rings. The van der Waals surface area contributed by atoms with E-state index in [9.17, 15) is 0 Å². The zero-order chi connectivity index (χ0) is 7.40. The van der Waals surface area contributed by atoms with Crippen molar-refractivity contribution in [1.29, 1.82) is 0 Å². The molecule has 0 saturated carbocycles. The Labute approximate surface area is 67.8 Å². The highest BCUT2D eigenvalue weighted by Gasteiger charge is 2.18. The quantitative estimate of drug-likeness (QED) is 0.667. The molecule has 2 N–H and O–H groups in total. The first-order valence-corrected chi connectivity index (χ1v) is 5.26. The molecule has 1 nitrogen and oxygen atoms in total. The Hall–Kier alpha value is 0.310. The van der Waals surface area contributed by atoms with Gasteiger partial charge in [-0.2, -0.15) is 11.8 Å². The van der Waals surface area contributed by atoms with E-state index in [1.807, 2.05) is 0 Å². The maximum Gasteiger partial charge on any atom is 0.0198 e. The summed E-state index contributed by atoms with van der Waals surface area (Å²) >= 11 is 2.07. The average molecular weight is 159 g/mol. The third-order valence-electron chi connectivity index (χ3n) is 2.16. The van der Waals surface area contributed by atoms with Crippen molar-refractivity contribution >= 4 is 11.8 Å². The molecule has 0 aromatic heterocycles. The molecule has 1 aliphatic heterocycles. The Morgan fingerprint density at radius 3 is 2.90 bits per heavy atom. The summed E-state index contributed by atoms with van der Waals surface area (Å²) in [5.74, 6) is 1.33. The molecule has 1 saturated heterocycles. The zero-order valence-electron chi connectivity index (χ0n) is 6.68. The van der Waals surface area contributed by atoms with E-state index in [0.29, 0.717) is 6.04 Å². The van der Waals surface area contributed by atoms with E-state index in [1.165, 1.54) is 25.0 Å². The van der Waals surface area contributed by atoms with Gasteiger partial charge in [-0.25, -0.2) is 0 Å². The Morgan fingerprint density at radius 1 is 1.60 bits per heavy atom. The van der Waals surface area contributed by atoms with E-state index in [1.54, 1.807) is 0 Å². The van der Waals surface area contributed by atoms with Gasteiger partial charge in [0, 0.05) is 11.3 Å². The van der Waals surface area contributed by atoms with E-state index < -0.39 is 0 Å². The fourth-order valence-corrected chi connectivity index (χ4v) is 2.81. The first kappa shape index (κ1) is 8.41. The van der Waals surface area contributed by atoms with Crippen LogP contribution in [0.1, 0.15) is 32.6 Å². The highest BCUT2D eigenvalue weighted by atomic mass is 32.2. The maximum atomic E-state index is 5.93. The van der Waals surface area contributed by atoms with Gasteiger partial charge in [-0.15, -0.1) is 0 Å². The van der Waals surface area contributed by atoms with E-state index in [0.717, 1.165) is 11.7 Å². The first-order valence-electron chi connectivity index (χ1n) is 4.21. The molecular formula is C8H17NS. The molecule has 1 aliphatic rings. The Bertz CT molecular complexity index is 89.3. The van der Waals surface area contributed by atoms with E-state index in [4.69, 9.17) is 5.73 Å². The van der Waals surface area contributed by atoms with Gasteiger partial charge < -0.3 is 5.73 Å². The molecule has 0 aromatic carbocycles. The molecule has 2 atom stereocenters. The topological polar surface area (TPSA) is 26.0 Å². The van der Waals surface area contributed by atoms with Crippen molar-refractivity contribution in [2.24, 2.45) is 5.73 Å². The van der Waals surface area contributed by atoms with Crippen molar-refractivity contribution in [2.45, 2.75) is 43.9 Å². The molecule has 0 radical (unpaired) electrons. The van der Waals surface area contributed by atoms with Crippen molar-refractivity contribution in [2.75, 3.05) is 5.75 Å². The number of thioether (sulfide) groups is 1. The summed E-state index contributed by atoms with van der Waals surface area (Å²) in [6, 6.07) is 0.449. The van der Waals surface area contributed by atoms with Gasteiger partial charge in [-0.1, -0.05) is 13.3 Å². The molecule has 2 unspecified atom stereocenters. The fourth-order valence-electron chi connectivity index (χ4n) is 1.37. The first-order chi connectivity index (χ1) is 4.84. The third-order valence-corrected chi connectivity index (χ3v) is 3.70. The fraction of sp³-hybridized carbons (Fsp3) is 1.00. The predicted octanol–water partition coefficient (Wildman–Crippen LogP) is 2.01. The van der Waals surface area contributed by atoms with Gasteiger partial charge in [0.1, 0.15) is 0 Å². The molecule has 0 amide bonds. The average Bonchev–Trinajstić information content (AvgIpc) is 2.05. The lowest BCUT2D eigenvalue weighted by molar-refractivity contribution is 0.550. The summed E-state index contributed by atoms with van der Waals surface area (Å²) in [5.41, 5.74) is 5.93. The van der Waals surface area contributed by atoms with Crippen LogP contribution >= 0.6 is 11.8 Å². The monoisotopic (exact) mass is 159 g/mol. The van der Waals surface area contributed by atoms with E-state index in [-0.39, 0.29) is 0 Å². The van der Waals surface area contributed by atoms with Gasteiger partial charge in [0.2, 0.25) is 0 Å². The molecule has 10 heavy (non-hydrogen) atoms. The van der Waals surface area contributed by atoms with Gasteiger partial charge in [-0.3, -0.25) is 0 Å². The van der Waals surface area contributed by atoms with Crippen LogP contribution in [0.25, 0.3) is 0 Å². The lowest BCUT2D eigenvalue weighted by atomic mass is 10.1. The van der Waals surface area contributed by atoms with Crippen LogP contribution in [0.4, 0.5) is 0 Å². The van der Waals surface area contributed by atoms with Crippen molar-refractivity contribution in [3.8, 4) is 0 Å². The number of hydrogen-bond donors (Lipinski definition) is 1. The minimum absolute atomic E-state index is 0.449. The van der Waals surface area contributed by atoms with Gasteiger partial charge in [0.05, 0.1) is 0 Å². The van der Waals surface area contributed by atoms with E-state index >= 15 is 0 Å². The summed E-state index contributed by atoms with van der Waals surface area (Å²) in [4.78, 5) is 0. The molecule has 0 spiro atoms. The summed E-state index contributed by atoms with van der Waals surface area (Å²) in [7, 11) is 0. The van der Waals surface area contributed by atoms with Crippen LogP contribution in [0.3, 0.4) is 0 Å². The van der Waals surface area contributed by atoms with Crippen molar-refractivity contribution in [1.82, 2.24) is 0 Å². The summed E-state index contributed by atoms with van der Waals surface area (Å²) in [5, 5.41) is 0.763. The second kappa shape index (κ2) is 4.24. The number of nitrogens with two attached hydrogens (primary N) is 1. The Balaban J connectivity index is 2.24. The molecular weight excluding hydrogens is 142 g/mol. The molecule has 0 aliphatic carbocycles. The third kappa shape index (κ3) is 2.17. The molecule has 1 heterocycles. The van der Waals surface area contributed by atoms with Crippen molar-refractivity contribution < 1.29 is 0 Å². The minimum Gasteiger partial charge on any atom is -0.327 e. The standard InChI is InChI=1S/C8H17NS/c1-2-7(9)8-5-3-4-6-10-8/h7-8H,2-6,9H2,1H3. The lowest BCUT2D eigenvalue weighted by Crippen LogP contribution is -2.33. The Kier molecular flexibility index (Phi) is 3.57. The van der Waals surface area contributed by atoms with Crippen LogP contribution in [0.15, 0.2) is 0 Å². The van der Waals surface area contributed by atoms with Crippen LogP contribution in [0.2, 0.25) is 0 Å². The van der Waals surface area contributed by atoms with Crippen LogP contribution < -0.4 is 5.73 Å². The van der Waals surface area contributed by atoms with Crippen molar-refractivity contribution in [3.05, 3.63) is 0 Å². The molecule has 2 heteroatoms.